The lowest BCUT2D eigenvalue weighted by atomic mass is 10.1. The smallest absolute Gasteiger partial charge is 0.326 e. The highest BCUT2D eigenvalue weighted by Crippen LogP contribution is 2.06. The van der Waals surface area contributed by atoms with E-state index in [1.807, 2.05) is 0 Å². The molecule has 3 amide bonds. The second kappa shape index (κ2) is 16.2. The van der Waals surface area contributed by atoms with Crippen LogP contribution in [0.5, 0.6) is 0 Å². The topological polar surface area (TPSA) is 310 Å². The molecule has 0 aromatic carbocycles. The van der Waals surface area contributed by atoms with Crippen molar-refractivity contribution in [1.82, 2.24) is 35.9 Å². The zero-order valence-corrected chi connectivity index (χ0v) is 22.1. The molecule has 2 heterocycles. The molecule has 4 atom stereocenters. The zero-order valence-electron chi connectivity index (χ0n) is 22.1. The quantitative estimate of drug-likeness (QED) is 0.0473. The van der Waals surface area contributed by atoms with Crippen LogP contribution in [0.3, 0.4) is 0 Å². The first-order valence-electron chi connectivity index (χ1n) is 12.6. The highest BCUT2D eigenvalue weighted by atomic mass is 16.4. The summed E-state index contributed by atoms with van der Waals surface area (Å²) in [4.78, 5) is 79.0. The lowest BCUT2D eigenvalue weighted by Crippen LogP contribution is -2.57. The molecule has 0 spiro atoms. The highest BCUT2D eigenvalue weighted by Gasteiger charge is 2.31. The number of aromatic nitrogens is 4. The number of aromatic amines is 2. The molecule has 2 aromatic rings. The van der Waals surface area contributed by atoms with Crippen LogP contribution in [0, 0.1) is 0 Å². The van der Waals surface area contributed by atoms with Crippen LogP contribution in [-0.4, -0.2) is 96.5 Å². The predicted octanol–water partition coefficient (Wildman–Crippen LogP) is -3.30. The van der Waals surface area contributed by atoms with Gasteiger partial charge in [0.05, 0.1) is 18.7 Å². The van der Waals surface area contributed by atoms with Crippen molar-refractivity contribution in [3.05, 3.63) is 36.4 Å². The number of carbonyl (C=O) groups excluding carboxylic acids is 3. The van der Waals surface area contributed by atoms with E-state index in [0.717, 1.165) is 0 Å². The molecule has 0 aliphatic rings. The number of nitrogens with zero attached hydrogens (tertiary/aromatic N) is 3. The molecule has 224 valence electrons. The number of nitrogens with one attached hydrogen (secondary N) is 5. The van der Waals surface area contributed by atoms with E-state index >= 15 is 0 Å². The third-order valence-corrected chi connectivity index (χ3v) is 5.78. The van der Waals surface area contributed by atoms with Crippen LogP contribution >= 0.6 is 0 Å². The van der Waals surface area contributed by atoms with Crippen LogP contribution in [0.1, 0.15) is 37.1 Å². The normalized spacial score (nSPS) is 13.7. The number of carboxylic acids is 2. The second-order valence-corrected chi connectivity index (χ2v) is 9.07. The Labute approximate surface area is 234 Å². The molecule has 13 N–H and O–H groups in total. The third-order valence-electron chi connectivity index (χ3n) is 5.78. The van der Waals surface area contributed by atoms with Gasteiger partial charge >= 0.3 is 11.9 Å². The Balaban J connectivity index is 2.19. The second-order valence-electron chi connectivity index (χ2n) is 9.07. The van der Waals surface area contributed by atoms with Crippen LogP contribution in [0.15, 0.2) is 30.0 Å². The van der Waals surface area contributed by atoms with Gasteiger partial charge in [-0.15, -0.1) is 0 Å². The third kappa shape index (κ3) is 11.7. The summed E-state index contributed by atoms with van der Waals surface area (Å²) in [6, 6.07) is -5.03. The summed E-state index contributed by atoms with van der Waals surface area (Å²) < 4.78 is 0. The predicted molar refractivity (Wildman–Crippen MR) is 143 cm³/mol. The summed E-state index contributed by atoms with van der Waals surface area (Å²) in [7, 11) is 0. The van der Waals surface area contributed by atoms with Gasteiger partial charge in [0.2, 0.25) is 17.7 Å². The molecule has 0 saturated heterocycles. The van der Waals surface area contributed by atoms with E-state index in [-0.39, 0.29) is 44.6 Å². The Hall–Kier alpha value is -5.00. The lowest BCUT2D eigenvalue weighted by Gasteiger charge is -2.25. The van der Waals surface area contributed by atoms with E-state index in [2.05, 4.69) is 40.9 Å². The fraction of sp³-hybridized carbons (Fsp3) is 0.478. The first-order chi connectivity index (χ1) is 19.5. The van der Waals surface area contributed by atoms with Gasteiger partial charge in [-0.25, -0.2) is 14.8 Å². The Morgan fingerprint density at radius 3 is 1.93 bits per heavy atom. The monoisotopic (exact) mass is 577 g/mol. The molecule has 2 aromatic heterocycles. The van der Waals surface area contributed by atoms with Crippen LogP contribution < -0.4 is 33.2 Å². The Morgan fingerprint density at radius 2 is 1.39 bits per heavy atom. The number of carboxylic acid groups (broad SMARTS) is 2. The lowest BCUT2D eigenvalue weighted by molar-refractivity contribution is -0.143. The SMILES string of the molecule is NC(N)=NCCCC(NC(=O)C(N)Cc1cnc[nH]1)C(=O)NC(Cc1cnc[nH]1)C(=O)NC(CCC(=O)O)C(=O)O. The van der Waals surface area contributed by atoms with Crippen molar-refractivity contribution in [3.63, 3.8) is 0 Å². The average molecular weight is 578 g/mol. The van der Waals surface area contributed by atoms with Crippen molar-refractivity contribution in [3.8, 4) is 0 Å². The van der Waals surface area contributed by atoms with Crippen molar-refractivity contribution < 1.29 is 34.2 Å². The van der Waals surface area contributed by atoms with Crippen LogP contribution in [-0.2, 0) is 36.8 Å². The maximum Gasteiger partial charge on any atom is 0.326 e. The molecule has 2 rings (SSSR count). The average Bonchev–Trinajstić information content (AvgIpc) is 3.61. The maximum atomic E-state index is 13.4. The maximum absolute atomic E-state index is 13.4. The number of H-pyrrole nitrogens is 2. The molecule has 0 aliphatic heterocycles. The van der Waals surface area contributed by atoms with E-state index < -0.39 is 60.2 Å². The van der Waals surface area contributed by atoms with Gasteiger partial charge in [-0.05, 0) is 19.3 Å². The van der Waals surface area contributed by atoms with Gasteiger partial charge in [0.15, 0.2) is 5.96 Å². The Kier molecular flexibility index (Phi) is 12.7. The summed E-state index contributed by atoms with van der Waals surface area (Å²) in [5, 5.41) is 25.7. The minimum Gasteiger partial charge on any atom is -0.481 e. The van der Waals surface area contributed by atoms with Gasteiger partial charge in [0.1, 0.15) is 18.1 Å². The van der Waals surface area contributed by atoms with Gasteiger partial charge in [-0.1, -0.05) is 0 Å². The molecular formula is C23H35N11O7. The van der Waals surface area contributed by atoms with Crippen molar-refractivity contribution >= 4 is 35.6 Å². The number of rotatable bonds is 18. The van der Waals surface area contributed by atoms with Crippen molar-refractivity contribution in [2.45, 2.75) is 62.7 Å². The largest absolute Gasteiger partial charge is 0.481 e. The van der Waals surface area contributed by atoms with E-state index in [0.29, 0.717) is 11.4 Å². The van der Waals surface area contributed by atoms with E-state index in [1.165, 1.54) is 25.0 Å². The number of aliphatic imine (C=N–C) groups is 1. The number of amides is 3. The Morgan fingerprint density at radius 1 is 0.829 bits per heavy atom. The van der Waals surface area contributed by atoms with E-state index in [1.54, 1.807) is 0 Å². The molecule has 0 fully saturated rings. The first kappa shape index (κ1) is 32.2. The van der Waals surface area contributed by atoms with Gasteiger partial charge in [0, 0.05) is 49.6 Å². The van der Waals surface area contributed by atoms with E-state index in [4.69, 9.17) is 22.3 Å². The van der Waals surface area contributed by atoms with Crippen molar-refractivity contribution in [1.29, 1.82) is 0 Å². The molecule has 4 unspecified atom stereocenters. The number of guanidine groups is 1. The number of hydrogen-bond acceptors (Lipinski definition) is 9. The summed E-state index contributed by atoms with van der Waals surface area (Å²) in [5.74, 6) is -5.11. The molecule has 18 heteroatoms. The number of nitrogens with two attached hydrogens (primary N) is 3. The first-order valence-corrected chi connectivity index (χ1v) is 12.6. The van der Waals surface area contributed by atoms with Gasteiger partial charge < -0.3 is 53.3 Å². The molecule has 0 aliphatic carbocycles. The zero-order chi connectivity index (χ0) is 30.4. The van der Waals surface area contributed by atoms with Crippen molar-refractivity contribution in [2.75, 3.05) is 6.54 Å². The molecule has 0 radical (unpaired) electrons. The Bertz CT molecular complexity index is 1180. The minimum atomic E-state index is -1.52. The van der Waals surface area contributed by atoms with Gasteiger partial charge in [-0.2, -0.15) is 0 Å². The summed E-state index contributed by atoms with van der Waals surface area (Å²) >= 11 is 0. The van der Waals surface area contributed by atoms with Crippen molar-refractivity contribution in [2.24, 2.45) is 22.2 Å². The number of hydrogen-bond donors (Lipinski definition) is 10. The summed E-state index contributed by atoms with van der Waals surface area (Å²) in [5.41, 5.74) is 17.7. The van der Waals surface area contributed by atoms with Crippen LogP contribution in [0.25, 0.3) is 0 Å². The molecule has 18 nitrogen and oxygen atoms in total. The minimum absolute atomic E-state index is 0.0693. The molecule has 0 bridgehead atoms. The summed E-state index contributed by atoms with van der Waals surface area (Å²) in [6.07, 6.45) is 5.17. The van der Waals surface area contributed by atoms with Gasteiger partial charge in [0.25, 0.3) is 0 Å². The fourth-order valence-corrected chi connectivity index (χ4v) is 3.67. The molecular weight excluding hydrogens is 542 g/mol. The number of imidazole rings is 2. The van der Waals surface area contributed by atoms with Crippen LogP contribution in [0.2, 0.25) is 0 Å². The fourth-order valence-electron chi connectivity index (χ4n) is 3.67. The number of aliphatic carboxylic acids is 2. The summed E-state index contributed by atoms with van der Waals surface area (Å²) in [6.45, 7) is 0.157. The molecule has 41 heavy (non-hydrogen) atoms. The standard InChI is InChI=1S/C23H35N11O7/c24-14(6-12-8-27-10-30-12)19(37)32-15(2-1-5-29-23(25)26)20(38)34-17(7-13-9-28-11-31-13)21(39)33-16(22(40)41)3-4-18(35)36/h8-11,14-17H,1-7,24H2,(H,27,30)(H,28,31)(H,32,37)(H,33,39)(H,34,38)(H,35,36)(H,40,41)(H4,25,26,29). The van der Waals surface area contributed by atoms with Crippen LogP contribution in [0.4, 0.5) is 0 Å². The highest BCUT2D eigenvalue weighted by molar-refractivity contribution is 5.94. The number of carbonyl (C=O) groups is 5. The van der Waals surface area contributed by atoms with E-state index in [9.17, 15) is 29.1 Å². The molecule has 0 saturated carbocycles. The van der Waals surface area contributed by atoms with Gasteiger partial charge in [-0.3, -0.25) is 24.2 Å².